The van der Waals surface area contributed by atoms with E-state index < -0.39 is 16.1 Å². The van der Waals surface area contributed by atoms with Crippen molar-refractivity contribution in [3.63, 3.8) is 0 Å². The summed E-state index contributed by atoms with van der Waals surface area (Å²) in [7, 11) is -4.01. The molecule has 2 aliphatic heterocycles. The highest BCUT2D eigenvalue weighted by Gasteiger charge is 2.37. The number of fused-ring (bicyclic) bond motifs is 2. The van der Waals surface area contributed by atoms with Gasteiger partial charge in [-0.2, -0.15) is 4.72 Å². The first-order chi connectivity index (χ1) is 17.8. The second-order valence-electron chi connectivity index (χ2n) is 9.69. The van der Waals surface area contributed by atoms with Crippen LogP contribution in [0.1, 0.15) is 37.0 Å². The molecule has 2 amide bonds. The van der Waals surface area contributed by atoms with E-state index in [0.717, 1.165) is 34.5 Å². The average Bonchev–Trinajstić information content (AvgIpc) is 3.47. The van der Waals surface area contributed by atoms with E-state index in [1.165, 1.54) is 6.07 Å². The number of hydrogen-bond donors (Lipinski definition) is 1. The van der Waals surface area contributed by atoms with Gasteiger partial charge in [0.25, 0.3) is 0 Å². The summed E-state index contributed by atoms with van der Waals surface area (Å²) < 4.78 is 29.9. The van der Waals surface area contributed by atoms with Crippen LogP contribution in [0.15, 0.2) is 77.7 Å². The molecule has 2 atom stereocenters. The molecular formula is C29H31N3O4S. The van der Waals surface area contributed by atoms with E-state index in [2.05, 4.69) is 4.72 Å². The second kappa shape index (κ2) is 10.1. The molecule has 3 aromatic rings. The van der Waals surface area contributed by atoms with Crippen LogP contribution in [0.3, 0.4) is 0 Å². The number of nitrogens with one attached hydrogen (secondary N) is 1. The van der Waals surface area contributed by atoms with Crippen molar-refractivity contribution in [2.45, 2.75) is 56.5 Å². The van der Waals surface area contributed by atoms with Gasteiger partial charge in [0.2, 0.25) is 21.8 Å². The van der Waals surface area contributed by atoms with Crippen molar-refractivity contribution in [3.05, 3.63) is 89.5 Å². The van der Waals surface area contributed by atoms with Crippen molar-refractivity contribution in [3.8, 4) is 0 Å². The van der Waals surface area contributed by atoms with Gasteiger partial charge in [-0.05, 0) is 67.1 Å². The van der Waals surface area contributed by atoms with E-state index in [0.29, 0.717) is 19.4 Å². The molecule has 192 valence electrons. The van der Waals surface area contributed by atoms with Gasteiger partial charge in [0.1, 0.15) is 6.04 Å². The van der Waals surface area contributed by atoms with Crippen molar-refractivity contribution >= 4 is 33.2 Å². The van der Waals surface area contributed by atoms with Crippen molar-refractivity contribution in [2.24, 2.45) is 0 Å². The van der Waals surface area contributed by atoms with Gasteiger partial charge < -0.3 is 9.80 Å². The summed E-state index contributed by atoms with van der Waals surface area (Å²) in [5, 5.41) is 0. The van der Waals surface area contributed by atoms with Crippen molar-refractivity contribution in [1.29, 1.82) is 0 Å². The minimum Gasteiger partial charge on any atom is -0.312 e. The third-order valence-electron chi connectivity index (χ3n) is 7.18. The molecular weight excluding hydrogens is 486 g/mol. The Kier molecular flexibility index (Phi) is 6.88. The largest absolute Gasteiger partial charge is 0.312 e. The minimum atomic E-state index is -4.01. The van der Waals surface area contributed by atoms with Crippen LogP contribution in [0.25, 0.3) is 0 Å². The maximum absolute atomic E-state index is 13.9. The van der Waals surface area contributed by atoms with Gasteiger partial charge in [-0.1, -0.05) is 55.5 Å². The van der Waals surface area contributed by atoms with Crippen molar-refractivity contribution < 1.29 is 18.0 Å². The number of nitrogens with zero attached hydrogens (tertiary/aromatic N) is 2. The molecule has 0 saturated carbocycles. The smallest absolute Gasteiger partial charge is 0.245 e. The van der Waals surface area contributed by atoms with E-state index in [-0.39, 0.29) is 29.2 Å². The maximum Gasteiger partial charge on any atom is 0.245 e. The second-order valence-corrected chi connectivity index (χ2v) is 11.4. The van der Waals surface area contributed by atoms with Crippen LogP contribution < -0.4 is 14.5 Å². The SMILES string of the molecule is CCC(=O)N1CCc2cc(S(=O)(=O)N[C@@H](Cc3ccccc3)C(=O)N3c4ccccc4C[C@@H]3C)ccc21. The van der Waals surface area contributed by atoms with Crippen molar-refractivity contribution in [2.75, 3.05) is 16.3 Å². The Morgan fingerprint density at radius 1 is 0.973 bits per heavy atom. The van der Waals surface area contributed by atoms with Crippen LogP contribution >= 0.6 is 0 Å². The molecule has 8 heteroatoms. The lowest BCUT2D eigenvalue weighted by Gasteiger charge is -2.28. The lowest BCUT2D eigenvalue weighted by Crippen LogP contribution is -2.51. The molecule has 2 aliphatic rings. The quantitative estimate of drug-likeness (QED) is 0.516. The van der Waals surface area contributed by atoms with E-state index in [1.807, 2.05) is 68.4 Å². The molecule has 37 heavy (non-hydrogen) atoms. The lowest BCUT2D eigenvalue weighted by atomic mass is 10.1. The van der Waals surface area contributed by atoms with Crippen LogP contribution in [0.2, 0.25) is 0 Å². The molecule has 0 saturated heterocycles. The predicted octanol–water partition coefficient (Wildman–Crippen LogP) is 3.85. The molecule has 0 spiro atoms. The number of para-hydroxylation sites is 1. The highest BCUT2D eigenvalue weighted by Crippen LogP contribution is 2.33. The first kappa shape index (κ1) is 25.2. The number of carbonyl (C=O) groups is 2. The summed E-state index contributed by atoms with van der Waals surface area (Å²) >= 11 is 0. The van der Waals surface area contributed by atoms with Crippen LogP contribution in [-0.2, 0) is 38.9 Å². The first-order valence-electron chi connectivity index (χ1n) is 12.7. The molecule has 3 aromatic carbocycles. The van der Waals surface area contributed by atoms with Crippen LogP contribution in [0.5, 0.6) is 0 Å². The fourth-order valence-corrected chi connectivity index (χ4v) is 6.59. The summed E-state index contributed by atoms with van der Waals surface area (Å²) in [6.07, 6.45) is 1.94. The van der Waals surface area contributed by atoms with Gasteiger partial charge in [-0.15, -0.1) is 0 Å². The van der Waals surface area contributed by atoms with Gasteiger partial charge in [0.05, 0.1) is 4.90 Å². The lowest BCUT2D eigenvalue weighted by molar-refractivity contribution is -0.120. The molecule has 0 aromatic heterocycles. The van der Waals surface area contributed by atoms with Gasteiger partial charge in [0.15, 0.2) is 0 Å². The van der Waals surface area contributed by atoms with Crippen molar-refractivity contribution in [1.82, 2.24) is 4.72 Å². The Labute approximate surface area is 218 Å². The Hall–Kier alpha value is -3.49. The number of hydrogen-bond acceptors (Lipinski definition) is 4. The number of rotatable bonds is 7. The highest BCUT2D eigenvalue weighted by atomic mass is 32.2. The third kappa shape index (κ3) is 4.91. The number of sulfonamides is 1. The third-order valence-corrected chi connectivity index (χ3v) is 8.65. The number of amides is 2. The van der Waals surface area contributed by atoms with Gasteiger partial charge in [0, 0.05) is 30.4 Å². The summed E-state index contributed by atoms with van der Waals surface area (Å²) in [6, 6.07) is 21.0. The molecule has 0 bridgehead atoms. The van der Waals surface area contributed by atoms with E-state index >= 15 is 0 Å². The molecule has 7 nitrogen and oxygen atoms in total. The number of carbonyl (C=O) groups excluding carboxylic acids is 2. The standard InChI is InChI=1S/C29H31N3O4S/c1-3-28(33)31-16-15-23-19-24(13-14-26(23)31)37(35,36)30-25(18-21-9-5-4-6-10-21)29(34)32-20(2)17-22-11-7-8-12-27(22)32/h4-14,19-20,25,30H,3,15-18H2,1-2H3/t20-,25-/m0/s1. The fraction of sp³-hybridized carbons (Fsp3) is 0.310. The number of anilines is 2. The Morgan fingerprint density at radius 3 is 2.46 bits per heavy atom. The van der Waals surface area contributed by atoms with Crippen LogP contribution in [0, 0.1) is 0 Å². The van der Waals surface area contributed by atoms with Gasteiger partial charge in [-0.3, -0.25) is 9.59 Å². The van der Waals surface area contributed by atoms with Gasteiger partial charge >= 0.3 is 0 Å². The summed E-state index contributed by atoms with van der Waals surface area (Å²) in [4.78, 5) is 29.7. The molecule has 0 unspecified atom stereocenters. The zero-order valence-electron chi connectivity index (χ0n) is 21.1. The fourth-order valence-electron chi connectivity index (χ4n) is 5.35. The molecule has 2 heterocycles. The Balaban J connectivity index is 1.45. The molecule has 1 N–H and O–H groups in total. The zero-order valence-corrected chi connectivity index (χ0v) is 21.9. The zero-order chi connectivity index (χ0) is 26.2. The first-order valence-corrected chi connectivity index (χ1v) is 14.2. The predicted molar refractivity (Wildman–Crippen MR) is 144 cm³/mol. The highest BCUT2D eigenvalue weighted by molar-refractivity contribution is 7.89. The van der Waals surface area contributed by atoms with Gasteiger partial charge in [-0.25, -0.2) is 8.42 Å². The average molecular weight is 518 g/mol. The van der Waals surface area contributed by atoms with E-state index in [1.54, 1.807) is 21.9 Å². The maximum atomic E-state index is 13.9. The molecule has 0 aliphatic carbocycles. The summed E-state index contributed by atoms with van der Waals surface area (Å²) in [6.45, 7) is 4.34. The topological polar surface area (TPSA) is 86.8 Å². The minimum absolute atomic E-state index is 0.0148. The van der Waals surface area contributed by atoms with E-state index in [4.69, 9.17) is 0 Å². The monoisotopic (exact) mass is 517 g/mol. The van der Waals surface area contributed by atoms with Crippen LogP contribution in [0.4, 0.5) is 11.4 Å². The van der Waals surface area contributed by atoms with E-state index in [9.17, 15) is 18.0 Å². The summed E-state index contributed by atoms with van der Waals surface area (Å²) in [5.41, 5.74) is 4.35. The number of benzene rings is 3. The molecule has 0 radical (unpaired) electrons. The van der Waals surface area contributed by atoms with Crippen LogP contribution in [-0.4, -0.2) is 38.9 Å². The normalized spacial score (nSPS) is 17.4. The molecule has 5 rings (SSSR count). The molecule has 0 fully saturated rings. The Morgan fingerprint density at radius 2 is 1.70 bits per heavy atom. The summed E-state index contributed by atoms with van der Waals surface area (Å²) in [5.74, 6) is -0.258. The Bertz CT molecular complexity index is 1440.